The van der Waals surface area contributed by atoms with Gasteiger partial charge < -0.3 is 5.32 Å². The number of nitrogens with one attached hydrogen (secondary N) is 1. The van der Waals surface area contributed by atoms with E-state index in [2.05, 4.69) is 5.32 Å². The summed E-state index contributed by atoms with van der Waals surface area (Å²) in [5, 5.41) is 2.82. The van der Waals surface area contributed by atoms with Crippen molar-refractivity contribution in [2.45, 2.75) is 45.1 Å². The lowest BCUT2D eigenvalue weighted by Crippen LogP contribution is -2.54. The molecule has 7 nitrogen and oxygen atoms in total. The number of nitrogens with zero attached hydrogens (tertiary/aromatic N) is 2. The highest BCUT2D eigenvalue weighted by atomic mass is 32.2. The minimum atomic E-state index is -4.11. The Kier molecular flexibility index (Phi) is 5.66. The van der Waals surface area contributed by atoms with Gasteiger partial charge >= 0.3 is 6.03 Å². The molecule has 0 aliphatic carbocycles. The Morgan fingerprint density at radius 1 is 1.10 bits per heavy atom. The molecule has 1 atom stereocenters. The van der Waals surface area contributed by atoms with Gasteiger partial charge in [-0.3, -0.25) is 9.69 Å². The minimum absolute atomic E-state index is 0.00378. The topological polar surface area (TPSA) is 86.8 Å². The maximum Gasteiger partial charge on any atom is 0.343 e. The van der Waals surface area contributed by atoms with E-state index < -0.39 is 16.1 Å². The molecule has 0 saturated carbocycles. The Morgan fingerprint density at radius 2 is 1.79 bits per heavy atom. The Bertz CT molecular complexity index is 1070. The second kappa shape index (κ2) is 7.87. The summed E-state index contributed by atoms with van der Waals surface area (Å²) in [5.74, 6) is -0.345. The zero-order valence-electron chi connectivity index (χ0n) is 17.0. The molecule has 1 N–H and O–H groups in total. The average Bonchev–Trinajstić information content (AvgIpc) is 2.66. The number of benzene rings is 2. The van der Waals surface area contributed by atoms with Gasteiger partial charge in [-0.15, -0.1) is 0 Å². The average molecular weight is 416 g/mol. The van der Waals surface area contributed by atoms with Crippen LogP contribution in [0.15, 0.2) is 47.4 Å². The second-order valence-electron chi connectivity index (χ2n) is 7.27. The molecule has 2 aromatic rings. The maximum atomic E-state index is 13.3. The van der Waals surface area contributed by atoms with E-state index in [0.29, 0.717) is 5.56 Å². The molecule has 0 aromatic heterocycles. The van der Waals surface area contributed by atoms with Gasteiger partial charge in [0, 0.05) is 6.04 Å². The quantitative estimate of drug-likeness (QED) is 0.811. The molecule has 2 aromatic carbocycles. The first-order chi connectivity index (χ1) is 13.7. The van der Waals surface area contributed by atoms with Gasteiger partial charge in [-0.2, -0.15) is 4.31 Å². The molecule has 154 valence electrons. The van der Waals surface area contributed by atoms with Gasteiger partial charge in [0.1, 0.15) is 11.4 Å². The molecule has 1 heterocycles. The zero-order chi connectivity index (χ0) is 21.3. The fourth-order valence-electron chi connectivity index (χ4n) is 3.30. The van der Waals surface area contributed by atoms with Gasteiger partial charge in [-0.1, -0.05) is 36.8 Å². The van der Waals surface area contributed by atoms with Crippen molar-refractivity contribution >= 4 is 33.3 Å². The van der Waals surface area contributed by atoms with E-state index in [4.69, 9.17) is 0 Å². The number of para-hydroxylation sites is 1. The standard InChI is InChI=1S/C21H25N3O4S/c1-5-16(4)22-20(25)13-23-18-8-6-7-9-19(18)29(27,28)24(21(23)26)17-11-10-14(2)12-15(17)3/h6-12,16H,5,13H2,1-4H3,(H,22,25)/t16-/m0/s1. The van der Waals surface area contributed by atoms with Gasteiger partial charge in [0.25, 0.3) is 10.0 Å². The number of aryl methyl sites for hydroxylation is 2. The van der Waals surface area contributed by atoms with Crippen LogP contribution < -0.4 is 14.5 Å². The van der Waals surface area contributed by atoms with E-state index in [1.54, 1.807) is 37.3 Å². The number of urea groups is 1. The van der Waals surface area contributed by atoms with Crippen molar-refractivity contribution in [1.29, 1.82) is 0 Å². The predicted octanol–water partition coefficient (Wildman–Crippen LogP) is 3.35. The molecular formula is C21H25N3O4S. The summed E-state index contributed by atoms with van der Waals surface area (Å²) in [6.45, 7) is 7.20. The summed E-state index contributed by atoms with van der Waals surface area (Å²) in [6, 6.07) is 10.6. The largest absolute Gasteiger partial charge is 0.352 e. The summed E-state index contributed by atoms with van der Waals surface area (Å²) in [6.07, 6.45) is 0.749. The van der Waals surface area contributed by atoms with Crippen LogP contribution in [0.5, 0.6) is 0 Å². The summed E-state index contributed by atoms with van der Waals surface area (Å²) in [4.78, 5) is 27.0. The van der Waals surface area contributed by atoms with Gasteiger partial charge in [-0.25, -0.2) is 13.2 Å². The highest BCUT2D eigenvalue weighted by molar-refractivity contribution is 7.94. The number of hydrogen-bond donors (Lipinski definition) is 1. The Hall–Kier alpha value is -2.87. The Labute approximate surface area is 171 Å². The zero-order valence-corrected chi connectivity index (χ0v) is 17.8. The van der Waals surface area contributed by atoms with Crippen LogP contribution >= 0.6 is 0 Å². The van der Waals surface area contributed by atoms with Crippen molar-refractivity contribution in [2.24, 2.45) is 0 Å². The Balaban J connectivity index is 2.10. The van der Waals surface area contributed by atoms with Crippen molar-refractivity contribution in [3.05, 3.63) is 53.6 Å². The van der Waals surface area contributed by atoms with E-state index in [-0.39, 0.29) is 34.8 Å². The molecule has 1 aliphatic heterocycles. The molecule has 0 radical (unpaired) electrons. The molecular weight excluding hydrogens is 390 g/mol. The lowest BCUT2D eigenvalue weighted by Gasteiger charge is -2.36. The van der Waals surface area contributed by atoms with Crippen LogP contribution in [-0.2, 0) is 14.8 Å². The monoisotopic (exact) mass is 415 g/mol. The normalized spacial score (nSPS) is 16.3. The van der Waals surface area contributed by atoms with Crippen molar-refractivity contribution in [2.75, 3.05) is 15.7 Å². The van der Waals surface area contributed by atoms with Crippen LogP contribution in [0.25, 0.3) is 0 Å². The minimum Gasteiger partial charge on any atom is -0.352 e. The second-order valence-corrected chi connectivity index (χ2v) is 9.03. The summed E-state index contributed by atoms with van der Waals surface area (Å²) >= 11 is 0. The number of sulfonamides is 1. The number of anilines is 2. The molecule has 8 heteroatoms. The van der Waals surface area contributed by atoms with E-state index in [9.17, 15) is 18.0 Å². The van der Waals surface area contributed by atoms with E-state index in [1.165, 1.54) is 11.0 Å². The Morgan fingerprint density at radius 3 is 2.45 bits per heavy atom. The first-order valence-electron chi connectivity index (χ1n) is 9.49. The molecule has 3 amide bonds. The number of fused-ring (bicyclic) bond motifs is 1. The lowest BCUT2D eigenvalue weighted by molar-refractivity contribution is -0.120. The molecule has 29 heavy (non-hydrogen) atoms. The van der Waals surface area contributed by atoms with E-state index in [1.807, 2.05) is 26.8 Å². The van der Waals surface area contributed by atoms with Crippen molar-refractivity contribution < 1.29 is 18.0 Å². The predicted molar refractivity (Wildman–Crippen MR) is 113 cm³/mol. The van der Waals surface area contributed by atoms with Gasteiger partial charge in [0.15, 0.2) is 0 Å². The van der Waals surface area contributed by atoms with Crippen LogP contribution in [-0.4, -0.2) is 32.9 Å². The number of amides is 3. The smallest absolute Gasteiger partial charge is 0.343 e. The van der Waals surface area contributed by atoms with Gasteiger partial charge in [0.2, 0.25) is 5.91 Å². The van der Waals surface area contributed by atoms with Crippen molar-refractivity contribution in [3.8, 4) is 0 Å². The van der Waals surface area contributed by atoms with Crippen LogP contribution in [0, 0.1) is 13.8 Å². The number of carbonyl (C=O) groups excluding carboxylic acids is 2. The first kappa shape index (κ1) is 20.9. The number of rotatable bonds is 5. The molecule has 3 rings (SSSR count). The number of carbonyl (C=O) groups is 2. The molecule has 0 bridgehead atoms. The molecule has 0 saturated heterocycles. The third-order valence-electron chi connectivity index (χ3n) is 4.97. The first-order valence-corrected chi connectivity index (χ1v) is 10.9. The summed E-state index contributed by atoms with van der Waals surface area (Å²) < 4.78 is 27.4. The fourth-order valence-corrected chi connectivity index (χ4v) is 4.95. The highest BCUT2D eigenvalue weighted by Gasteiger charge is 2.43. The van der Waals surface area contributed by atoms with Gasteiger partial charge in [0.05, 0.1) is 11.4 Å². The van der Waals surface area contributed by atoms with Crippen molar-refractivity contribution in [1.82, 2.24) is 5.32 Å². The molecule has 0 spiro atoms. The van der Waals surface area contributed by atoms with E-state index in [0.717, 1.165) is 16.3 Å². The molecule has 0 unspecified atom stereocenters. The van der Waals surface area contributed by atoms with Crippen LogP contribution in [0.2, 0.25) is 0 Å². The molecule has 0 fully saturated rings. The summed E-state index contributed by atoms with van der Waals surface area (Å²) in [7, 11) is -4.11. The van der Waals surface area contributed by atoms with Gasteiger partial charge in [-0.05, 0) is 51.0 Å². The van der Waals surface area contributed by atoms with Crippen LogP contribution in [0.4, 0.5) is 16.2 Å². The van der Waals surface area contributed by atoms with Crippen LogP contribution in [0.3, 0.4) is 0 Å². The van der Waals surface area contributed by atoms with Crippen molar-refractivity contribution in [3.63, 3.8) is 0 Å². The number of hydrogen-bond acceptors (Lipinski definition) is 4. The highest BCUT2D eigenvalue weighted by Crippen LogP contribution is 2.38. The molecule has 1 aliphatic rings. The summed E-state index contributed by atoms with van der Waals surface area (Å²) in [5.41, 5.74) is 2.10. The fraction of sp³-hybridized carbons (Fsp3) is 0.333. The third-order valence-corrected chi connectivity index (χ3v) is 6.71. The SMILES string of the molecule is CC[C@H](C)NC(=O)CN1C(=O)N(c2ccc(C)cc2C)S(=O)(=O)c2ccccc21. The lowest BCUT2D eigenvalue weighted by atomic mass is 10.1. The van der Waals surface area contributed by atoms with Crippen LogP contribution in [0.1, 0.15) is 31.4 Å². The van der Waals surface area contributed by atoms with E-state index >= 15 is 0 Å². The maximum absolute atomic E-state index is 13.3. The third kappa shape index (κ3) is 3.85.